The number of carbonyl (C=O) groups excluding carboxylic acids is 1. The van der Waals surface area contributed by atoms with Gasteiger partial charge in [-0.05, 0) is 25.8 Å². The van der Waals surface area contributed by atoms with Gasteiger partial charge in [0.1, 0.15) is 23.6 Å². The molecule has 10 heteroatoms. The van der Waals surface area contributed by atoms with Gasteiger partial charge in [-0.2, -0.15) is 4.37 Å². The number of aromatic amines is 1. The van der Waals surface area contributed by atoms with Crippen molar-refractivity contribution < 1.29 is 4.79 Å². The van der Waals surface area contributed by atoms with Crippen molar-refractivity contribution in [2.45, 2.75) is 19.8 Å². The van der Waals surface area contributed by atoms with Gasteiger partial charge in [0, 0.05) is 37.4 Å². The quantitative estimate of drug-likeness (QED) is 0.630. The van der Waals surface area contributed by atoms with Crippen LogP contribution >= 0.6 is 11.5 Å². The van der Waals surface area contributed by atoms with Gasteiger partial charge in [-0.3, -0.25) is 4.79 Å². The Hall–Kier alpha value is -2.59. The van der Waals surface area contributed by atoms with Crippen LogP contribution in [0.4, 0.5) is 10.9 Å². The first kappa shape index (κ1) is 16.9. The summed E-state index contributed by atoms with van der Waals surface area (Å²) >= 11 is 1.19. The zero-order chi connectivity index (χ0) is 18.1. The monoisotopic (exact) mass is 372 g/mol. The summed E-state index contributed by atoms with van der Waals surface area (Å²) < 4.78 is 4.10. The Morgan fingerprint density at radius 3 is 2.92 bits per heavy atom. The van der Waals surface area contributed by atoms with E-state index in [2.05, 4.69) is 34.5 Å². The van der Waals surface area contributed by atoms with Crippen molar-refractivity contribution in [1.29, 1.82) is 0 Å². The van der Waals surface area contributed by atoms with Gasteiger partial charge in [0.05, 0.1) is 10.8 Å². The van der Waals surface area contributed by atoms with Crippen molar-refractivity contribution in [2.75, 3.05) is 29.9 Å². The highest BCUT2D eigenvalue weighted by molar-refractivity contribution is 7.09. The van der Waals surface area contributed by atoms with Gasteiger partial charge in [0.25, 0.3) is 0 Å². The zero-order valence-electron chi connectivity index (χ0n) is 14.4. The van der Waals surface area contributed by atoms with E-state index in [0.29, 0.717) is 43.4 Å². The molecule has 0 bridgehead atoms. The molecule has 0 aromatic carbocycles. The number of aromatic nitrogens is 5. The van der Waals surface area contributed by atoms with Crippen LogP contribution in [0.15, 0.2) is 18.6 Å². The number of rotatable bonds is 4. The lowest BCUT2D eigenvalue weighted by Crippen LogP contribution is -2.50. The third kappa shape index (κ3) is 2.90. The van der Waals surface area contributed by atoms with E-state index in [1.807, 2.05) is 12.3 Å². The molecule has 0 unspecified atom stereocenters. The molecule has 0 radical (unpaired) electrons. The van der Waals surface area contributed by atoms with E-state index in [1.165, 1.54) is 11.5 Å². The summed E-state index contributed by atoms with van der Waals surface area (Å²) in [6.45, 7) is 3.51. The fraction of sp³-hybridized carbons (Fsp3) is 0.438. The average Bonchev–Trinajstić information content (AvgIpc) is 3.30. The number of nitrogens with two attached hydrogens (primary N) is 1. The summed E-state index contributed by atoms with van der Waals surface area (Å²) in [5.41, 5.74) is 6.23. The highest BCUT2D eigenvalue weighted by atomic mass is 32.1. The van der Waals surface area contributed by atoms with Crippen molar-refractivity contribution in [3.05, 3.63) is 24.4 Å². The van der Waals surface area contributed by atoms with Crippen LogP contribution in [0.2, 0.25) is 0 Å². The van der Waals surface area contributed by atoms with Crippen LogP contribution in [-0.2, 0) is 4.79 Å². The minimum atomic E-state index is -0.597. The fourth-order valence-electron chi connectivity index (χ4n) is 3.36. The smallest absolute Gasteiger partial charge is 0.233 e. The molecule has 1 amide bonds. The summed E-state index contributed by atoms with van der Waals surface area (Å²) in [6, 6.07) is 1.97. The first-order valence-corrected chi connectivity index (χ1v) is 9.23. The summed E-state index contributed by atoms with van der Waals surface area (Å²) in [5.74, 6) is 1.47. The fourth-order valence-corrected chi connectivity index (χ4v) is 3.93. The Kier molecular flexibility index (Phi) is 4.29. The molecular formula is C16H20N8OS. The number of H-pyrrole nitrogens is 1. The number of nitrogens with one attached hydrogen (secondary N) is 2. The molecule has 3 aromatic heterocycles. The maximum Gasteiger partial charge on any atom is 0.233 e. The van der Waals surface area contributed by atoms with Gasteiger partial charge in [-0.25, -0.2) is 15.0 Å². The largest absolute Gasteiger partial charge is 0.356 e. The van der Waals surface area contributed by atoms with Gasteiger partial charge in [-0.15, -0.1) is 0 Å². The second kappa shape index (κ2) is 6.61. The Labute approximate surface area is 154 Å². The Morgan fingerprint density at radius 1 is 1.42 bits per heavy atom. The molecule has 9 nitrogen and oxygen atoms in total. The number of aryl methyl sites for hydroxylation is 1. The molecule has 0 atom stereocenters. The number of hydrogen-bond donors (Lipinski definition) is 3. The second-order valence-electron chi connectivity index (χ2n) is 6.51. The molecule has 26 heavy (non-hydrogen) atoms. The van der Waals surface area contributed by atoms with Crippen LogP contribution in [0, 0.1) is 12.3 Å². The minimum Gasteiger partial charge on any atom is -0.356 e. The molecule has 0 saturated carbocycles. The molecule has 4 heterocycles. The van der Waals surface area contributed by atoms with E-state index in [0.717, 1.165) is 16.9 Å². The Bertz CT molecular complexity index is 927. The van der Waals surface area contributed by atoms with Gasteiger partial charge in [0.2, 0.25) is 11.0 Å². The summed E-state index contributed by atoms with van der Waals surface area (Å²) in [7, 11) is 0. The van der Waals surface area contributed by atoms with E-state index >= 15 is 0 Å². The normalized spacial score (nSPS) is 16.8. The van der Waals surface area contributed by atoms with Gasteiger partial charge >= 0.3 is 0 Å². The van der Waals surface area contributed by atoms with Crippen molar-refractivity contribution in [2.24, 2.45) is 11.1 Å². The molecule has 1 saturated heterocycles. The summed E-state index contributed by atoms with van der Waals surface area (Å²) in [4.78, 5) is 31.0. The van der Waals surface area contributed by atoms with Crippen LogP contribution in [0.25, 0.3) is 11.0 Å². The van der Waals surface area contributed by atoms with E-state index in [1.54, 1.807) is 13.3 Å². The van der Waals surface area contributed by atoms with E-state index in [-0.39, 0.29) is 5.91 Å². The SMILES string of the molecule is Cc1nsc(NC(=O)C2(CN)CCN(c3ncnc4[nH]ccc34)CC2)n1. The highest BCUT2D eigenvalue weighted by Gasteiger charge is 2.41. The topological polar surface area (TPSA) is 126 Å². The summed E-state index contributed by atoms with van der Waals surface area (Å²) in [6.07, 6.45) is 4.73. The molecule has 0 aliphatic carbocycles. The Morgan fingerprint density at radius 2 is 2.23 bits per heavy atom. The lowest BCUT2D eigenvalue weighted by Gasteiger charge is -2.40. The minimum absolute atomic E-state index is 0.0784. The van der Waals surface area contributed by atoms with Crippen LogP contribution in [0.1, 0.15) is 18.7 Å². The molecule has 1 aliphatic rings. The van der Waals surface area contributed by atoms with Crippen molar-refractivity contribution in [1.82, 2.24) is 24.3 Å². The first-order chi connectivity index (χ1) is 12.6. The number of amides is 1. The van der Waals surface area contributed by atoms with Crippen LogP contribution in [-0.4, -0.2) is 49.9 Å². The zero-order valence-corrected chi connectivity index (χ0v) is 15.2. The molecule has 4 N–H and O–H groups in total. The predicted molar refractivity (Wildman–Crippen MR) is 100 cm³/mol. The van der Waals surface area contributed by atoms with Crippen molar-refractivity contribution in [3.8, 4) is 0 Å². The van der Waals surface area contributed by atoms with Crippen LogP contribution < -0.4 is 16.0 Å². The number of nitrogens with zero attached hydrogens (tertiary/aromatic N) is 5. The second-order valence-corrected chi connectivity index (χ2v) is 7.26. The third-order valence-corrected chi connectivity index (χ3v) is 5.70. The van der Waals surface area contributed by atoms with E-state index in [4.69, 9.17) is 5.73 Å². The molecule has 1 aliphatic heterocycles. The molecule has 1 fully saturated rings. The standard InChI is InChI=1S/C16H20N8OS/c1-10-21-15(26-23-10)22-14(25)16(8-17)3-6-24(7-4-16)13-11-2-5-18-12(11)19-9-20-13/h2,5,9H,3-4,6-8,17H2,1H3,(H,18,19,20)(H,21,22,23,25). The van der Waals surface area contributed by atoms with Gasteiger partial charge < -0.3 is 20.9 Å². The number of anilines is 2. The van der Waals surface area contributed by atoms with Crippen molar-refractivity contribution in [3.63, 3.8) is 0 Å². The van der Waals surface area contributed by atoms with E-state index < -0.39 is 5.41 Å². The molecule has 3 aromatic rings. The van der Waals surface area contributed by atoms with Crippen molar-refractivity contribution >= 4 is 39.4 Å². The maximum absolute atomic E-state index is 12.8. The molecule has 136 valence electrons. The molecular weight excluding hydrogens is 352 g/mol. The van der Waals surface area contributed by atoms with Gasteiger partial charge in [-0.1, -0.05) is 0 Å². The predicted octanol–water partition coefficient (Wildman–Crippen LogP) is 1.30. The number of fused-ring (bicyclic) bond motifs is 1. The Balaban J connectivity index is 1.50. The molecule has 0 spiro atoms. The first-order valence-electron chi connectivity index (χ1n) is 8.46. The van der Waals surface area contributed by atoms with E-state index in [9.17, 15) is 4.79 Å². The van der Waals surface area contributed by atoms with Crippen LogP contribution in [0.3, 0.4) is 0 Å². The van der Waals surface area contributed by atoms with Crippen LogP contribution in [0.5, 0.6) is 0 Å². The third-order valence-electron chi connectivity index (χ3n) is 4.97. The lowest BCUT2D eigenvalue weighted by molar-refractivity contribution is -0.126. The van der Waals surface area contributed by atoms with Gasteiger partial charge in [0.15, 0.2) is 0 Å². The number of hydrogen-bond acceptors (Lipinski definition) is 8. The maximum atomic E-state index is 12.8. The summed E-state index contributed by atoms with van der Waals surface area (Å²) in [5, 5.41) is 4.39. The average molecular weight is 372 g/mol. The number of carbonyl (C=O) groups is 1. The molecule has 4 rings (SSSR count). The lowest BCUT2D eigenvalue weighted by atomic mass is 9.77. The number of piperidine rings is 1. The highest BCUT2D eigenvalue weighted by Crippen LogP contribution is 2.35.